The molecule has 0 unspecified atom stereocenters. The Labute approximate surface area is 117 Å². The monoisotopic (exact) mass is 274 g/mol. The average Bonchev–Trinajstić information content (AvgIpc) is 2.49. The zero-order valence-corrected chi connectivity index (χ0v) is 11.8. The van der Waals surface area contributed by atoms with Crippen LogP contribution in [0.3, 0.4) is 0 Å². The molecule has 6 nitrogen and oxygen atoms in total. The molecule has 6 heteroatoms. The van der Waals surface area contributed by atoms with E-state index in [1.165, 1.54) is 0 Å². The molecule has 2 aromatic rings. The molecular formula is C14H18N4O2. The van der Waals surface area contributed by atoms with Crippen LogP contribution in [0.15, 0.2) is 24.3 Å². The van der Waals surface area contributed by atoms with Crippen molar-refractivity contribution in [3.8, 4) is 17.4 Å². The number of nitrogens with two attached hydrogens (primary N) is 1. The summed E-state index contributed by atoms with van der Waals surface area (Å²) >= 11 is 0. The molecule has 0 saturated heterocycles. The van der Waals surface area contributed by atoms with Crippen LogP contribution in [0.1, 0.15) is 18.3 Å². The molecule has 20 heavy (non-hydrogen) atoms. The molecule has 106 valence electrons. The molecular weight excluding hydrogens is 256 g/mol. The number of hydrogen-bond donors (Lipinski definition) is 2. The number of aryl methyl sites for hydroxylation is 1. The minimum atomic E-state index is 0.484. The molecule has 0 aliphatic rings. The molecule has 0 aliphatic carbocycles. The Bertz CT molecular complexity index is 602. The van der Waals surface area contributed by atoms with Gasteiger partial charge in [-0.3, -0.25) is 0 Å². The summed E-state index contributed by atoms with van der Waals surface area (Å²) in [7, 11) is 1.61. The molecule has 0 spiro atoms. The van der Waals surface area contributed by atoms with Crippen LogP contribution in [0.5, 0.6) is 17.4 Å². The van der Waals surface area contributed by atoms with E-state index in [0.717, 1.165) is 11.3 Å². The van der Waals surface area contributed by atoms with Gasteiger partial charge in [-0.05, 0) is 19.1 Å². The summed E-state index contributed by atoms with van der Waals surface area (Å²) in [5.74, 6) is 8.56. The lowest BCUT2D eigenvalue weighted by Crippen LogP contribution is -2.13. The van der Waals surface area contributed by atoms with Crippen molar-refractivity contribution in [2.45, 2.75) is 20.3 Å². The molecule has 0 atom stereocenters. The summed E-state index contributed by atoms with van der Waals surface area (Å²) in [5, 5.41) is 0. The number of benzene rings is 1. The number of hydrogen-bond acceptors (Lipinski definition) is 6. The molecule has 0 aliphatic heterocycles. The summed E-state index contributed by atoms with van der Waals surface area (Å²) in [6.45, 7) is 3.82. The number of anilines is 1. The van der Waals surface area contributed by atoms with Crippen LogP contribution < -0.4 is 20.7 Å². The largest absolute Gasteiger partial charge is 0.497 e. The quantitative estimate of drug-likeness (QED) is 0.643. The summed E-state index contributed by atoms with van der Waals surface area (Å²) in [5.41, 5.74) is 3.32. The highest BCUT2D eigenvalue weighted by atomic mass is 16.5. The van der Waals surface area contributed by atoms with Crippen molar-refractivity contribution in [1.29, 1.82) is 0 Å². The van der Waals surface area contributed by atoms with Crippen LogP contribution in [0, 0.1) is 6.92 Å². The van der Waals surface area contributed by atoms with Crippen molar-refractivity contribution < 1.29 is 9.47 Å². The number of nitrogen functional groups attached to an aromatic ring is 1. The Kier molecular flexibility index (Phi) is 4.37. The molecule has 1 aromatic heterocycles. The predicted octanol–water partition coefficient (Wildman–Crippen LogP) is 2.43. The number of rotatable bonds is 5. The highest BCUT2D eigenvalue weighted by Crippen LogP contribution is 2.28. The smallest absolute Gasteiger partial charge is 0.227 e. The van der Waals surface area contributed by atoms with Crippen LogP contribution in [0.2, 0.25) is 0 Å². The van der Waals surface area contributed by atoms with Gasteiger partial charge in [0.2, 0.25) is 5.88 Å². The Hall–Kier alpha value is -2.34. The van der Waals surface area contributed by atoms with Crippen LogP contribution in [-0.4, -0.2) is 17.1 Å². The molecule has 0 saturated carbocycles. The van der Waals surface area contributed by atoms with Gasteiger partial charge in [-0.25, -0.2) is 10.8 Å². The van der Waals surface area contributed by atoms with Crippen molar-refractivity contribution in [3.05, 3.63) is 35.7 Å². The minimum Gasteiger partial charge on any atom is -0.497 e. The molecule has 3 N–H and O–H groups in total. The van der Waals surface area contributed by atoms with Gasteiger partial charge in [0.1, 0.15) is 23.1 Å². The van der Waals surface area contributed by atoms with Gasteiger partial charge in [0, 0.05) is 12.5 Å². The summed E-state index contributed by atoms with van der Waals surface area (Å²) < 4.78 is 11.0. The number of methoxy groups -OCH3 is 1. The fourth-order valence-corrected chi connectivity index (χ4v) is 1.71. The first-order valence-electron chi connectivity index (χ1n) is 6.34. The topological polar surface area (TPSA) is 82.3 Å². The maximum absolute atomic E-state index is 5.81. The standard InChI is InChI=1S/C14H18N4O2/c1-4-12-16-13(18-15)9(2)14(17-12)20-11-7-5-6-10(8-11)19-3/h5-8H,4,15H2,1-3H3,(H,16,17,18). The summed E-state index contributed by atoms with van der Waals surface area (Å²) in [4.78, 5) is 8.67. The fraction of sp³-hybridized carbons (Fsp3) is 0.286. The lowest BCUT2D eigenvalue weighted by atomic mass is 10.3. The van der Waals surface area contributed by atoms with Gasteiger partial charge >= 0.3 is 0 Å². The van der Waals surface area contributed by atoms with Crippen molar-refractivity contribution in [3.63, 3.8) is 0 Å². The second-order valence-electron chi connectivity index (χ2n) is 4.20. The van der Waals surface area contributed by atoms with E-state index in [1.54, 1.807) is 13.2 Å². The fourth-order valence-electron chi connectivity index (χ4n) is 1.71. The first-order chi connectivity index (χ1) is 9.67. The zero-order valence-electron chi connectivity index (χ0n) is 11.8. The molecule has 1 heterocycles. The van der Waals surface area contributed by atoms with Crippen molar-refractivity contribution in [2.75, 3.05) is 12.5 Å². The normalized spacial score (nSPS) is 10.2. The van der Waals surface area contributed by atoms with E-state index in [1.807, 2.05) is 32.0 Å². The van der Waals surface area contributed by atoms with Gasteiger partial charge in [-0.2, -0.15) is 4.98 Å². The van der Waals surface area contributed by atoms with E-state index in [-0.39, 0.29) is 0 Å². The summed E-state index contributed by atoms with van der Waals surface area (Å²) in [6, 6.07) is 7.34. The third-order valence-electron chi connectivity index (χ3n) is 2.86. The second kappa shape index (κ2) is 6.21. The SMILES string of the molecule is CCc1nc(NN)c(C)c(Oc2cccc(OC)c2)n1. The molecule has 0 amide bonds. The van der Waals surface area contributed by atoms with E-state index >= 15 is 0 Å². The number of hydrazine groups is 1. The number of aromatic nitrogens is 2. The zero-order chi connectivity index (χ0) is 14.5. The van der Waals surface area contributed by atoms with Gasteiger partial charge in [-0.15, -0.1) is 0 Å². The Balaban J connectivity index is 2.36. The highest BCUT2D eigenvalue weighted by Gasteiger charge is 2.11. The van der Waals surface area contributed by atoms with Crippen molar-refractivity contribution in [1.82, 2.24) is 9.97 Å². The van der Waals surface area contributed by atoms with Crippen LogP contribution in [0.4, 0.5) is 5.82 Å². The average molecular weight is 274 g/mol. The number of ether oxygens (including phenoxy) is 2. The second-order valence-corrected chi connectivity index (χ2v) is 4.20. The first kappa shape index (κ1) is 14.1. The Morgan fingerprint density at radius 3 is 2.65 bits per heavy atom. The van der Waals surface area contributed by atoms with Gasteiger partial charge in [0.05, 0.1) is 12.7 Å². The van der Waals surface area contributed by atoms with E-state index in [4.69, 9.17) is 15.3 Å². The van der Waals surface area contributed by atoms with Crippen LogP contribution >= 0.6 is 0 Å². The van der Waals surface area contributed by atoms with Gasteiger partial charge < -0.3 is 14.9 Å². The molecule has 1 aromatic carbocycles. The maximum Gasteiger partial charge on any atom is 0.227 e. The van der Waals surface area contributed by atoms with E-state index in [2.05, 4.69) is 15.4 Å². The minimum absolute atomic E-state index is 0.484. The van der Waals surface area contributed by atoms with E-state index in [0.29, 0.717) is 29.7 Å². The molecule has 0 radical (unpaired) electrons. The third-order valence-corrected chi connectivity index (χ3v) is 2.86. The van der Waals surface area contributed by atoms with E-state index < -0.39 is 0 Å². The van der Waals surface area contributed by atoms with Gasteiger partial charge in [0.15, 0.2) is 0 Å². The van der Waals surface area contributed by atoms with Crippen molar-refractivity contribution >= 4 is 5.82 Å². The maximum atomic E-state index is 5.81. The first-order valence-corrected chi connectivity index (χ1v) is 6.34. The van der Waals surface area contributed by atoms with Gasteiger partial charge in [-0.1, -0.05) is 13.0 Å². The van der Waals surface area contributed by atoms with Crippen LogP contribution in [-0.2, 0) is 6.42 Å². The van der Waals surface area contributed by atoms with Gasteiger partial charge in [0.25, 0.3) is 0 Å². The third kappa shape index (κ3) is 2.97. The Morgan fingerprint density at radius 1 is 1.25 bits per heavy atom. The Morgan fingerprint density at radius 2 is 2.00 bits per heavy atom. The lowest BCUT2D eigenvalue weighted by molar-refractivity contribution is 0.406. The summed E-state index contributed by atoms with van der Waals surface area (Å²) in [6.07, 6.45) is 0.698. The van der Waals surface area contributed by atoms with E-state index in [9.17, 15) is 0 Å². The predicted molar refractivity (Wildman–Crippen MR) is 77.0 cm³/mol. The highest BCUT2D eigenvalue weighted by molar-refractivity contribution is 5.49. The number of nitrogens with one attached hydrogen (secondary N) is 1. The molecule has 0 fully saturated rings. The lowest BCUT2D eigenvalue weighted by Gasteiger charge is -2.12. The molecule has 2 rings (SSSR count). The van der Waals surface area contributed by atoms with Crippen LogP contribution in [0.25, 0.3) is 0 Å². The van der Waals surface area contributed by atoms with Crippen molar-refractivity contribution in [2.24, 2.45) is 5.84 Å². The molecule has 0 bridgehead atoms. The number of nitrogens with zero attached hydrogens (tertiary/aromatic N) is 2.